The van der Waals surface area contributed by atoms with Gasteiger partial charge in [0.05, 0.1) is 6.61 Å². The van der Waals surface area contributed by atoms with E-state index in [1.165, 1.54) is 11.1 Å². The Morgan fingerprint density at radius 3 is 2.30 bits per heavy atom. The van der Waals surface area contributed by atoms with Gasteiger partial charge in [0.15, 0.2) is 0 Å². The molecule has 0 saturated carbocycles. The average molecular weight is 500 g/mol. The summed E-state index contributed by atoms with van der Waals surface area (Å²) in [5.74, 6) is 1.11. The van der Waals surface area contributed by atoms with Crippen molar-refractivity contribution in [1.29, 1.82) is 0 Å². The fourth-order valence-corrected chi connectivity index (χ4v) is 4.78. The van der Waals surface area contributed by atoms with Gasteiger partial charge in [-0.25, -0.2) is 4.79 Å². The van der Waals surface area contributed by atoms with Gasteiger partial charge in [0.25, 0.3) is 5.91 Å². The largest absolute Gasteiger partial charge is 0.494 e. The Bertz CT molecular complexity index is 1340. The molecular formula is C29H29N3O5. The van der Waals surface area contributed by atoms with Crippen LogP contribution in [-0.2, 0) is 28.0 Å². The van der Waals surface area contributed by atoms with Crippen molar-refractivity contribution in [2.75, 3.05) is 18.5 Å². The molecule has 3 aromatic rings. The third-order valence-corrected chi connectivity index (χ3v) is 6.76. The molecule has 4 amide bonds. The zero-order valence-corrected chi connectivity index (χ0v) is 20.9. The molecule has 1 aliphatic carbocycles. The van der Waals surface area contributed by atoms with Crippen LogP contribution in [0.5, 0.6) is 17.2 Å². The highest BCUT2D eigenvalue weighted by atomic mass is 16.5. The number of nitrogens with one attached hydrogen (secondary N) is 2. The zero-order valence-electron chi connectivity index (χ0n) is 20.9. The number of hydrogen-bond donors (Lipinski definition) is 2. The number of ether oxygens (including phenoxy) is 2. The van der Waals surface area contributed by atoms with Crippen molar-refractivity contribution in [2.24, 2.45) is 0 Å². The molecule has 5 rings (SSSR count). The van der Waals surface area contributed by atoms with Gasteiger partial charge in [0.2, 0.25) is 5.91 Å². The first kappa shape index (κ1) is 24.4. The summed E-state index contributed by atoms with van der Waals surface area (Å²) in [6.07, 6.45) is 3.10. The van der Waals surface area contributed by atoms with Gasteiger partial charge >= 0.3 is 6.03 Å². The molecule has 0 aromatic heterocycles. The molecule has 1 unspecified atom stereocenters. The number of imide groups is 1. The fraction of sp³-hybridized carbons (Fsp3) is 0.276. The molecule has 2 aliphatic rings. The number of fused-ring (bicyclic) bond motifs is 1. The van der Waals surface area contributed by atoms with Crippen LogP contribution in [-0.4, -0.2) is 35.9 Å². The molecule has 1 heterocycles. The minimum Gasteiger partial charge on any atom is -0.494 e. The summed E-state index contributed by atoms with van der Waals surface area (Å²) in [4.78, 5) is 39.6. The van der Waals surface area contributed by atoms with E-state index in [1.54, 1.807) is 31.2 Å². The molecule has 0 spiro atoms. The van der Waals surface area contributed by atoms with Gasteiger partial charge in [-0.2, -0.15) is 0 Å². The fourth-order valence-electron chi connectivity index (χ4n) is 4.78. The van der Waals surface area contributed by atoms with Crippen molar-refractivity contribution in [3.8, 4) is 17.2 Å². The van der Waals surface area contributed by atoms with Crippen molar-refractivity contribution in [1.82, 2.24) is 10.2 Å². The standard InChI is InChI=1S/C29H29N3O5/c1-3-36-23-13-15-25(16-14-23)37-24-11-9-22(10-12-24)30-26(33)18-32-27(34)29(2,31-28(32)35)21-8-7-19-5-4-6-20(19)17-21/h7-17H,3-6,18H2,1-2H3,(H,30,33)(H,31,35). The minimum atomic E-state index is -1.20. The molecule has 2 N–H and O–H groups in total. The van der Waals surface area contributed by atoms with Crippen molar-refractivity contribution in [3.63, 3.8) is 0 Å². The van der Waals surface area contributed by atoms with E-state index in [2.05, 4.69) is 10.6 Å². The molecule has 8 nitrogen and oxygen atoms in total. The number of carbonyl (C=O) groups is 3. The van der Waals surface area contributed by atoms with E-state index >= 15 is 0 Å². The molecule has 0 bridgehead atoms. The second kappa shape index (κ2) is 9.97. The second-order valence-electron chi connectivity index (χ2n) is 9.36. The van der Waals surface area contributed by atoms with E-state index in [9.17, 15) is 14.4 Å². The summed E-state index contributed by atoms with van der Waals surface area (Å²) in [5.41, 5.74) is 2.56. The van der Waals surface area contributed by atoms with Crippen molar-refractivity contribution in [2.45, 2.75) is 38.6 Å². The summed E-state index contributed by atoms with van der Waals surface area (Å²) in [5, 5.41) is 5.52. The highest BCUT2D eigenvalue weighted by Crippen LogP contribution is 2.32. The van der Waals surface area contributed by atoms with Crippen LogP contribution in [0.3, 0.4) is 0 Å². The second-order valence-corrected chi connectivity index (χ2v) is 9.36. The Kier molecular flexibility index (Phi) is 6.56. The van der Waals surface area contributed by atoms with E-state index in [0.29, 0.717) is 23.8 Å². The number of anilines is 1. The molecule has 1 fully saturated rings. The number of urea groups is 1. The first-order chi connectivity index (χ1) is 17.9. The Balaban J connectivity index is 1.19. The van der Waals surface area contributed by atoms with Crippen molar-refractivity contribution in [3.05, 3.63) is 83.4 Å². The monoisotopic (exact) mass is 499 g/mol. The molecule has 3 aromatic carbocycles. The lowest BCUT2D eigenvalue weighted by Gasteiger charge is -2.23. The molecule has 37 heavy (non-hydrogen) atoms. The number of benzene rings is 3. The molecule has 8 heteroatoms. The Morgan fingerprint density at radius 1 is 0.946 bits per heavy atom. The SMILES string of the molecule is CCOc1ccc(Oc2ccc(NC(=O)CN3C(=O)NC(C)(c4ccc5c(c4)CCC5)C3=O)cc2)cc1. The van der Waals surface area contributed by atoms with E-state index in [-0.39, 0.29) is 6.54 Å². The van der Waals surface area contributed by atoms with Crippen LogP contribution in [0.4, 0.5) is 10.5 Å². The van der Waals surface area contributed by atoms with Gasteiger partial charge in [-0.1, -0.05) is 18.2 Å². The third-order valence-electron chi connectivity index (χ3n) is 6.76. The highest BCUT2D eigenvalue weighted by Gasteiger charge is 2.49. The maximum atomic E-state index is 13.2. The molecule has 1 atom stereocenters. The van der Waals surface area contributed by atoms with Crippen LogP contribution < -0.4 is 20.1 Å². The van der Waals surface area contributed by atoms with Crippen LogP contribution >= 0.6 is 0 Å². The zero-order chi connectivity index (χ0) is 26.0. The van der Waals surface area contributed by atoms with Gasteiger partial charge in [-0.05, 0) is 98.3 Å². The predicted octanol–water partition coefficient (Wildman–Crippen LogP) is 4.77. The summed E-state index contributed by atoms with van der Waals surface area (Å²) in [7, 11) is 0. The minimum absolute atomic E-state index is 0.379. The molecule has 190 valence electrons. The van der Waals surface area contributed by atoms with Crippen LogP contribution in [0.15, 0.2) is 66.7 Å². The van der Waals surface area contributed by atoms with E-state index < -0.39 is 23.4 Å². The Morgan fingerprint density at radius 2 is 1.59 bits per heavy atom. The number of nitrogens with zero attached hydrogens (tertiary/aromatic N) is 1. The van der Waals surface area contributed by atoms with E-state index in [0.717, 1.165) is 35.5 Å². The topological polar surface area (TPSA) is 97.0 Å². The van der Waals surface area contributed by atoms with Crippen LogP contribution in [0.1, 0.15) is 37.0 Å². The Hall–Kier alpha value is -4.33. The lowest BCUT2D eigenvalue weighted by atomic mass is 9.89. The first-order valence-electron chi connectivity index (χ1n) is 12.4. The molecule has 1 aliphatic heterocycles. The smallest absolute Gasteiger partial charge is 0.325 e. The summed E-state index contributed by atoms with van der Waals surface area (Å²) in [6.45, 7) is 3.83. The van der Waals surface area contributed by atoms with Gasteiger partial charge in [0.1, 0.15) is 29.3 Å². The van der Waals surface area contributed by atoms with Gasteiger partial charge < -0.3 is 20.1 Å². The molecule has 0 radical (unpaired) electrons. The number of amides is 4. The quantitative estimate of drug-likeness (QED) is 0.435. The number of hydrogen-bond acceptors (Lipinski definition) is 5. The molecular weight excluding hydrogens is 470 g/mol. The maximum Gasteiger partial charge on any atom is 0.325 e. The average Bonchev–Trinajstić information content (AvgIpc) is 3.45. The van der Waals surface area contributed by atoms with Crippen LogP contribution in [0.2, 0.25) is 0 Å². The number of rotatable bonds is 8. The first-order valence-corrected chi connectivity index (χ1v) is 12.4. The van der Waals surface area contributed by atoms with Crippen molar-refractivity contribution < 1.29 is 23.9 Å². The Labute approximate surface area is 215 Å². The van der Waals surface area contributed by atoms with Gasteiger partial charge in [0, 0.05) is 5.69 Å². The molecule has 1 saturated heterocycles. The van der Waals surface area contributed by atoms with Crippen LogP contribution in [0, 0.1) is 0 Å². The third kappa shape index (κ3) is 5.00. The lowest BCUT2D eigenvalue weighted by Crippen LogP contribution is -2.42. The summed E-state index contributed by atoms with van der Waals surface area (Å²) < 4.78 is 11.3. The maximum absolute atomic E-state index is 13.2. The number of aryl methyl sites for hydroxylation is 2. The lowest BCUT2D eigenvalue weighted by molar-refractivity contribution is -0.133. The summed E-state index contributed by atoms with van der Waals surface area (Å²) >= 11 is 0. The van der Waals surface area contributed by atoms with Gasteiger partial charge in [-0.15, -0.1) is 0 Å². The predicted molar refractivity (Wildman–Crippen MR) is 139 cm³/mol. The van der Waals surface area contributed by atoms with E-state index in [4.69, 9.17) is 9.47 Å². The van der Waals surface area contributed by atoms with Gasteiger partial charge in [-0.3, -0.25) is 14.5 Å². The highest BCUT2D eigenvalue weighted by molar-refractivity contribution is 6.10. The van der Waals surface area contributed by atoms with Crippen molar-refractivity contribution >= 4 is 23.5 Å². The van der Waals surface area contributed by atoms with Crippen LogP contribution in [0.25, 0.3) is 0 Å². The van der Waals surface area contributed by atoms with E-state index in [1.807, 2.05) is 49.4 Å². The normalized spacial score (nSPS) is 18.4. The summed E-state index contributed by atoms with van der Waals surface area (Å²) in [6, 6.07) is 19.5. The number of carbonyl (C=O) groups excluding carboxylic acids is 3.